The summed E-state index contributed by atoms with van der Waals surface area (Å²) >= 11 is 6.18. The van der Waals surface area contributed by atoms with Gasteiger partial charge in [-0.1, -0.05) is 48.0 Å². The zero-order valence-corrected chi connectivity index (χ0v) is 22.0. The highest BCUT2D eigenvalue weighted by Crippen LogP contribution is 2.28. The van der Waals surface area contributed by atoms with E-state index in [0.29, 0.717) is 43.2 Å². The van der Waals surface area contributed by atoms with Gasteiger partial charge in [-0.05, 0) is 54.8 Å². The van der Waals surface area contributed by atoms with Gasteiger partial charge in [-0.25, -0.2) is 13.1 Å². The number of ether oxygens (including phenoxy) is 1. The number of anilines is 1. The molecule has 0 saturated carbocycles. The first-order chi connectivity index (χ1) is 17.3. The first kappa shape index (κ1) is 26.0. The van der Waals surface area contributed by atoms with Crippen molar-refractivity contribution in [2.75, 3.05) is 44.7 Å². The Morgan fingerprint density at radius 1 is 1.00 bits per heavy atom. The van der Waals surface area contributed by atoms with Gasteiger partial charge < -0.3 is 14.5 Å². The molecule has 1 aliphatic rings. The van der Waals surface area contributed by atoms with E-state index in [2.05, 4.69) is 9.62 Å². The van der Waals surface area contributed by atoms with Crippen molar-refractivity contribution < 1.29 is 17.9 Å². The van der Waals surface area contributed by atoms with Crippen LogP contribution in [0.1, 0.15) is 21.5 Å². The summed E-state index contributed by atoms with van der Waals surface area (Å²) in [6, 6.07) is 20.0. The van der Waals surface area contributed by atoms with Gasteiger partial charge in [0.05, 0.1) is 7.11 Å². The maximum Gasteiger partial charge on any atom is 0.254 e. The van der Waals surface area contributed by atoms with Gasteiger partial charge >= 0.3 is 0 Å². The molecule has 0 radical (unpaired) electrons. The summed E-state index contributed by atoms with van der Waals surface area (Å²) in [4.78, 5) is 17.2. The van der Waals surface area contributed by atoms with Crippen molar-refractivity contribution in [3.63, 3.8) is 0 Å². The lowest BCUT2D eigenvalue weighted by atomic mass is 10.1. The molecule has 7 nitrogen and oxygen atoms in total. The molecule has 0 atom stereocenters. The second-order valence-electron chi connectivity index (χ2n) is 8.71. The molecule has 0 bridgehead atoms. The van der Waals surface area contributed by atoms with E-state index in [1.807, 2.05) is 55.5 Å². The standard InChI is InChI=1S/C27H30ClN3O4S/c1-20-8-10-23(28)19-24(20)30-14-16-31(17-15-30)27(32)22-9-11-25(35-2)26(18-22)36(33,34)29-13-12-21-6-4-3-5-7-21/h3-11,18-19,29H,12-17H2,1-2H3. The predicted molar refractivity (Wildman–Crippen MR) is 143 cm³/mol. The minimum atomic E-state index is -3.88. The summed E-state index contributed by atoms with van der Waals surface area (Å²) in [5, 5.41) is 0.679. The van der Waals surface area contributed by atoms with Gasteiger partial charge in [0.2, 0.25) is 10.0 Å². The smallest absolute Gasteiger partial charge is 0.254 e. The third-order valence-corrected chi connectivity index (χ3v) is 8.04. The molecule has 3 aromatic rings. The van der Waals surface area contributed by atoms with Crippen molar-refractivity contribution in [3.05, 3.63) is 88.4 Å². The normalized spacial score (nSPS) is 14.1. The summed E-state index contributed by atoms with van der Waals surface area (Å²) in [5.41, 5.74) is 3.53. The Balaban J connectivity index is 1.45. The van der Waals surface area contributed by atoms with Crippen LogP contribution in [0.25, 0.3) is 0 Å². The number of aryl methyl sites for hydroxylation is 1. The molecule has 1 amide bonds. The van der Waals surface area contributed by atoms with E-state index in [4.69, 9.17) is 16.3 Å². The molecule has 0 aliphatic carbocycles. The molecule has 190 valence electrons. The van der Waals surface area contributed by atoms with E-state index in [1.54, 1.807) is 11.0 Å². The van der Waals surface area contributed by atoms with Crippen LogP contribution in [0, 0.1) is 6.92 Å². The predicted octanol–water partition coefficient (Wildman–Crippen LogP) is 4.14. The molecule has 0 unspecified atom stereocenters. The number of amides is 1. The van der Waals surface area contributed by atoms with Crippen molar-refractivity contribution in [2.45, 2.75) is 18.2 Å². The summed E-state index contributed by atoms with van der Waals surface area (Å²) in [5.74, 6) is -0.0131. The summed E-state index contributed by atoms with van der Waals surface area (Å²) < 4.78 is 34.1. The van der Waals surface area contributed by atoms with Crippen molar-refractivity contribution >= 4 is 33.2 Å². The molecule has 9 heteroatoms. The number of piperazine rings is 1. The number of sulfonamides is 1. The van der Waals surface area contributed by atoms with Crippen LogP contribution in [0.3, 0.4) is 0 Å². The van der Waals surface area contributed by atoms with Crippen LogP contribution in [0.4, 0.5) is 5.69 Å². The summed E-state index contributed by atoms with van der Waals surface area (Å²) in [6.07, 6.45) is 0.553. The summed E-state index contributed by atoms with van der Waals surface area (Å²) in [7, 11) is -2.47. The topological polar surface area (TPSA) is 79.0 Å². The Morgan fingerprint density at radius 3 is 2.42 bits per heavy atom. The zero-order chi connectivity index (χ0) is 25.7. The molecule has 1 heterocycles. The van der Waals surface area contributed by atoms with E-state index in [0.717, 1.165) is 16.8 Å². The largest absolute Gasteiger partial charge is 0.495 e. The van der Waals surface area contributed by atoms with Crippen molar-refractivity contribution in [2.24, 2.45) is 0 Å². The van der Waals surface area contributed by atoms with Crippen molar-refractivity contribution in [3.8, 4) is 5.75 Å². The average Bonchev–Trinajstić information content (AvgIpc) is 2.90. The molecule has 1 saturated heterocycles. The van der Waals surface area contributed by atoms with Crippen LogP contribution in [0.2, 0.25) is 5.02 Å². The lowest BCUT2D eigenvalue weighted by Crippen LogP contribution is -2.49. The molecule has 0 spiro atoms. The van der Waals surface area contributed by atoms with Crippen LogP contribution in [0.15, 0.2) is 71.6 Å². The lowest BCUT2D eigenvalue weighted by Gasteiger charge is -2.37. The molecule has 1 N–H and O–H groups in total. The Hall–Kier alpha value is -3.07. The summed E-state index contributed by atoms with van der Waals surface area (Å²) in [6.45, 7) is 4.64. The number of methoxy groups -OCH3 is 1. The van der Waals surface area contributed by atoms with Crippen LogP contribution < -0.4 is 14.4 Å². The highest BCUT2D eigenvalue weighted by Gasteiger charge is 2.26. The van der Waals surface area contributed by atoms with Gasteiger partial charge in [0.25, 0.3) is 5.91 Å². The molecule has 4 rings (SSSR count). The van der Waals surface area contributed by atoms with Gasteiger partial charge in [0.15, 0.2) is 0 Å². The van der Waals surface area contributed by atoms with E-state index < -0.39 is 10.0 Å². The quantitative estimate of drug-likeness (QED) is 0.476. The van der Waals surface area contributed by atoms with E-state index in [9.17, 15) is 13.2 Å². The number of nitrogens with one attached hydrogen (secondary N) is 1. The molecule has 3 aromatic carbocycles. The number of rotatable bonds is 8. The fourth-order valence-electron chi connectivity index (χ4n) is 4.33. The number of carbonyl (C=O) groups excluding carboxylic acids is 1. The van der Waals surface area contributed by atoms with Gasteiger partial charge in [0, 0.05) is 49.0 Å². The fraction of sp³-hybridized carbons (Fsp3) is 0.296. The highest BCUT2D eigenvalue weighted by molar-refractivity contribution is 7.89. The monoisotopic (exact) mass is 527 g/mol. The van der Waals surface area contributed by atoms with Gasteiger partial charge in [-0.15, -0.1) is 0 Å². The number of carbonyl (C=O) groups is 1. The Labute approximate surface area is 217 Å². The zero-order valence-electron chi connectivity index (χ0n) is 20.4. The molecule has 1 aliphatic heterocycles. The van der Waals surface area contributed by atoms with Crippen molar-refractivity contribution in [1.82, 2.24) is 9.62 Å². The van der Waals surface area contributed by atoms with Crippen LogP contribution in [-0.2, 0) is 16.4 Å². The maximum absolute atomic E-state index is 13.3. The third kappa shape index (κ3) is 6.00. The van der Waals surface area contributed by atoms with Crippen molar-refractivity contribution in [1.29, 1.82) is 0 Å². The first-order valence-electron chi connectivity index (χ1n) is 11.8. The van der Waals surface area contributed by atoms with E-state index in [-0.39, 0.29) is 23.1 Å². The number of halogens is 1. The third-order valence-electron chi connectivity index (χ3n) is 6.33. The number of nitrogens with zero attached hydrogens (tertiary/aromatic N) is 2. The Bertz CT molecular complexity index is 1320. The average molecular weight is 528 g/mol. The lowest BCUT2D eigenvalue weighted by molar-refractivity contribution is 0.0746. The minimum absolute atomic E-state index is 0.0444. The number of benzene rings is 3. The van der Waals surface area contributed by atoms with E-state index >= 15 is 0 Å². The van der Waals surface area contributed by atoms with Crippen LogP contribution >= 0.6 is 11.6 Å². The first-order valence-corrected chi connectivity index (χ1v) is 13.7. The molecule has 36 heavy (non-hydrogen) atoms. The maximum atomic E-state index is 13.3. The van der Waals surface area contributed by atoms with Crippen LogP contribution in [-0.4, -0.2) is 59.1 Å². The fourth-order valence-corrected chi connectivity index (χ4v) is 5.72. The van der Waals surface area contributed by atoms with Gasteiger partial charge in [-0.3, -0.25) is 4.79 Å². The molecular formula is C27H30ClN3O4S. The molecule has 1 fully saturated rings. The van der Waals surface area contributed by atoms with E-state index in [1.165, 1.54) is 19.2 Å². The molecular weight excluding hydrogens is 498 g/mol. The number of hydrogen-bond acceptors (Lipinski definition) is 5. The second kappa shape index (κ2) is 11.3. The Kier molecular flexibility index (Phi) is 8.18. The van der Waals surface area contributed by atoms with Crippen LogP contribution in [0.5, 0.6) is 5.75 Å². The number of hydrogen-bond donors (Lipinski definition) is 1. The molecule has 0 aromatic heterocycles. The van der Waals surface area contributed by atoms with Gasteiger partial charge in [0.1, 0.15) is 10.6 Å². The minimum Gasteiger partial charge on any atom is -0.495 e. The highest BCUT2D eigenvalue weighted by atomic mass is 35.5. The SMILES string of the molecule is COc1ccc(C(=O)N2CCN(c3cc(Cl)ccc3C)CC2)cc1S(=O)(=O)NCCc1ccccc1. The van der Waals surface area contributed by atoms with Gasteiger partial charge in [-0.2, -0.15) is 0 Å². The second-order valence-corrected chi connectivity index (χ2v) is 10.9. The Morgan fingerprint density at radius 2 is 1.72 bits per heavy atom.